The Balaban J connectivity index is 1.98. The molecule has 6 heteroatoms. The number of rotatable bonds is 3. The zero-order chi connectivity index (χ0) is 16.6. The molecular weight excluding hydrogens is 373 g/mol. The molecule has 0 fully saturated rings. The summed E-state index contributed by atoms with van der Waals surface area (Å²) in [5.74, 6) is 1.16. The SMILES string of the molecule is COc1ccc(Br)c2cc(Cc3cccc(C(F)(F)F)c3)oc12. The van der Waals surface area contributed by atoms with Gasteiger partial charge in [-0.05, 0) is 29.8 Å². The fraction of sp³-hybridized carbons (Fsp3) is 0.176. The third-order valence-corrected chi connectivity index (χ3v) is 4.19. The topological polar surface area (TPSA) is 22.4 Å². The van der Waals surface area contributed by atoms with Gasteiger partial charge in [0.05, 0.1) is 12.7 Å². The lowest BCUT2D eigenvalue weighted by Crippen LogP contribution is -2.05. The smallest absolute Gasteiger partial charge is 0.416 e. The van der Waals surface area contributed by atoms with Crippen molar-refractivity contribution in [2.24, 2.45) is 0 Å². The largest absolute Gasteiger partial charge is 0.493 e. The zero-order valence-electron chi connectivity index (χ0n) is 12.1. The number of hydrogen-bond acceptors (Lipinski definition) is 2. The van der Waals surface area contributed by atoms with Crippen LogP contribution in [0.4, 0.5) is 13.2 Å². The van der Waals surface area contributed by atoms with E-state index in [1.165, 1.54) is 13.2 Å². The van der Waals surface area contributed by atoms with E-state index in [4.69, 9.17) is 9.15 Å². The summed E-state index contributed by atoms with van der Waals surface area (Å²) >= 11 is 3.43. The fourth-order valence-electron chi connectivity index (χ4n) is 2.42. The summed E-state index contributed by atoms with van der Waals surface area (Å²) in [5, 5.41) is 0.825. The average molecular weight is 385 g/mol. The van der Waals surface area contributed by atoms with Crippen molar-refractivity contribution in [3.63, 3.8) is 0 Å². The molecule has 0 spiro atoms. The van der Waals surface area contributed by atoms with E-state index in [-0.39, 0.29) is 6.42 Å². The van der Waals surface area contributed by atoms with Crippen LogP contribution in [0.25, 0.3) is 11.0 Å². The first-order chi connectivity index (χ1) is 10.9. The van der Waals surface area contributed by atoms with Crippen molar-refractivity contribution >= 4 is 26.9 Å². The van der Waals surface area contributed by atoms with Gasteiger partial charge in [0.25, 0.3) is 0 Å². The van der Waals surface area contributed by atoms with Crippen LogP contribution in [0.3, 0.4) is 0 Å². The van der Waals surface area contributed by atoms with Crippen LogP contribution >= 0.6 is 15.9 Å². The number of benzene rings is 2. The lowest BCUT2D eigenvalue weighted by molar-refractivity contribution is -0.137. The van der Waals surface area contributed by atoms with Gasteiger partial charge in [0.15, 0.2) is 11.3 Å². The molecular formula is C17H12BrF3O2. The standard InChI is InChI=1S/C17H12BrF3O2/c1-22-15-6-5-14(18)13-9-12(23-16(13)15)8-10-3-2-4-11(7-10)17(19,20)21/h2-7,9H,8H2,1H3. The number of furan rings is 1. The van der Waals surface area contributed by atoms with Crippen LogP contribution < -0.4 is 4.74 Å². The second-order valence-electron chi connectivity index (χ2n) is 5.08. The minimum absolute atomic E-state index is 0.272. The minimum Gasteiger partial charge on any atom is -0.493 e. The van der Waals surface area contributed by atoms with Crippen LogP contribution in [0.2, 0.25) is 0 Å². The molecule has 0 radical (unpaired) electrons. The number of alkyl halides is 3. The van der Waals surface area contributed by atoms with E-state index in [1.807, 2.05) is 12.1 Å². The molecule has 1 heterocycles. The van der Waals surface area contributed by atoms with Gasteiger partial charge in [0.1, 0.15) is 5.76 Å². The quantitative estimate of drug-likeness (QED) is 0.568. The molecule has 0 aliphatic carbocycles. The van der Waals surface area contributed by atoms with Crippen LogP contribution in [-0.2, 0) is 12.6 Å². The number of halogens is 4. The van der Waals surface area contributed by atoms with E-state index in [2.05, 4.69) is 15.9 Å². The van der Waals surface area contributed by atoms with Crippen molar-refractivity contribution in [2.45, 2.75) is 12.6 Å². The highest BCUT2D eigenvalue weighted by molar-refractivity contribution is 9.10. The van der Waals surface area contributed by atoms with E-state index in [0.717, 1.165) is 22.0 Å². The molecule has 3 rings (SSSR count). The van der Waals surface area contributed by atoms with Crippen LogP contribution in [0.15, 0.2) is 51.4 Å². The molecule has 3 aromatic rings. The van der Waals surface area contributed by atoms with Crippen molar-refractivity contribution in [3.8, 4) is 5.75 Å². The van der Waals surface area contributed by atoms with E-state index in [1.54, 1.807) is 12.1 Å². The summed E-state index contributed by atoms with van der Waals surface area (Å²) in [6.45, 7) is 0. The lowest BCUT2D eigenvalue weighted by atomic mass is 10.1. The summed E-state index contributed by atoms with van der Waals surface area (Å²) in [4.78, 5) is 0. The van der Waals surface area contributed by atoms with Gasteiger partial charge in [-0.3, -0.25) is 0 Å². The lowest BCUT2D eigenvalue weighted by Gasteiger charge is -2.07. The highest BCUT2D eigenvalue weighted by Gasteiger charge is 2.30. The van der Waals surface area contributed by atoms with Crippen molar-refractivity contribution in [1.29, 1.82) is 0 Å². The molecule has 0 N–H and O–H groups in total. The van der Waals surface area contributed by atoms with E-state index in [9.17, 15) is 13.2 Å². The maximum absolute atomic E-state index is 12.8. The Kier molecular flexibility index (Phi) is 4.10. The first-order valence-corrected chi connectivity index (χ1v) is 7.59. The van der Waals surface area contributed by atoms with Crippen molar-refractivity contribution in [3.05, 3.63) is 63.8 Å². The Morgan fingerprint density at radius 2 is 1.91 bits per heavy atom. The van der Waals surface area contributed by atoms with Gasteiger partial charge in [0.2, 0.25) is 0 Å². The van der Waals surface area contributed by atoms with Crippen molar-refractivity contribution < 1.29 is 22.3 Å². The minimum atomic E-state index is -4.35. The highest BCUT2D eigenvalue weighted by atomic mass is 79.9. The molecule has 0 saturated carbocycles. The average Bonchev–Trinajstić information content (AvgIpc) is 2.92. The number of fused-ring (bicyclic) bond motifs is 1. The molecule has 0 saturated heterocycles. The summed E-state index contributed by atoms with van der Waals surface area (Å²) in [6.07, 6.45) is -4.08. The van der Waals surface area contributed by atoms with Gasteiger partial charge in [-0.1, -0.05) is 34.1 Å². The predicted molar refractivity (Wildman–Crippen MR) is 84.7 cm³/mol. The van der Waals surface area contributed by atoms with Gasteiger partial charge >= 0.3 is 6.18 Å². The summed E-state index contributed by atoms with van der Waals surface area (Å²) < 4.78 is 50.2. The second-order valence-corrected chi connectivity index (χ2v) is 5.93. The third-order valence-electron chi connectivity index (χ3n) is 3.50. The molecule has 2 aromatic carbocycles. The Labute approximate surface area is 139 Å². The Hall–Kier alpha value is -1.95. The molecule has 2 nitrogen and oxygen atoms in total. The first-order valence-electron chi connectivity index (χ1n) is 6.79. The molecule has 0 amide bonds. The molecule has 0 unspecified atom stereocenters. The monoisotopic (exact) mass is 384 g/mol. The molecule has 23 heavy (non-hydrogen) atoms. The summed E-state index contributed by atoms with van der Waals surface area (Å²) in [5.41, 5.74) is 0.447. The number of methoxy groups -OCH3 is 1. The van der Waals surface area contributed by atoms with Crippen molar-refractivity contribution in [1.82, 2.24) is 0 Å². The second kappa shape index (κ2) is 5.92. The van der Waals surface area contributed by atoms with Gasteiger partial charge in [-0.25, -0.2) is 0 Å². The predicted octanol–water partition coefficient (Wildman–Crippen LogP) is 5.81. The Bertz CT molecular complexity index is 853. The zero-order valence-corrected chi connectivity index (χ0v) is 13.7. The molecule has 0 bridgehead atoms. The highest BCUT2D eigenvalue weighted by Crippen LogP contribution is 2.35. The van der Waals surface area contributed by atoms with Gasteiger partial charge in [-0.15, -0.1) is 0 Å². The molecule has 0 aliphatic heterocycles. The Morgan fingerprint density at radius 3 is 2.61 bits per heavy atom. The summed E-state index contributed by atoms with van der Waals surface area (Å²) in [6, 6.07) is 10.7. The van der Waals surface area contributed by atoms with Crippen molar-refractivity contribution in [2.75, 3.05) is 7.11 Å². The maximum Gasteiger partial charge on any atom is 0.416 e. The molecule has 1 aromatic heterocycles. The van der Waals surface area contributed by atoms with Crippen LogP contribution in [0, 0.1) is 0 Å². The van der Waals surface area contributed by atoms with E-state index in [0.29, 0.717) is 22.7 Å². The summed E-state index contributed by atoms with van der Waals surface area (Å²) in [7, 11) is 1.54. The van der Waals surface area contributed by atoms with Gasteiger partial charge in [0, 0.05) is 16.3 Å². The van der Waals surface area contributed by atoms with Crippen LogP contribution in [0.5, 0.6) is 5.75 Å². The van der Waals surface area contributed by atoms with Gasteiger partial charge < -0.3 is 9.15 Å². The van der Waals surface area contributed by atoms with Crippen LogP contribution in [-0.4, -0.2) is 7.11 Å². The Morgan fingerprint density at radius 1 is 1.13 bits per heavy atom. The number of hydrogen-bond donors (Lipinski definition) is 0. The molecule has 0 aliphatic rings. The molecule has 120 valence electrons. The van der Waals surface area contributed by atoms with Gasteiger partial charge in [-0.2, -0.15) is 13.2 Å². The first kappa shape index (κ1) is 15.9. The third kappa shape index (κ3) is 3.22. The van der Waals surface area contributed by atoms with E-state index < -0.39 is 11.7 Å². The fourth-order valence-corrected chi connectivity index (χ4v) is 2.85. The van der Waals surface area contributed by atoms with E-state index >= 15 is 0 Å². The molecule has 0 atom stereocenters. The normalized spacial score (nSPS) is 11.9. The number of ether oxygens (including phenoxy) is 1. The maximum atomic E-state index is 12.8. The van der Waals surface area contributed by atoms with Crippen LogP contribution in [0.1, 0.15) is 16.9 Å².